The highest BCUT2D eigenvalue weighted by Crippen LogP contribution is 2.36. The average Bonchev–Trinajstić information content (AvgIpc) is 2.67. The summed E-state index contributed by atoms with van der Waals surface area (Å²) < 4.78 is 44.8. The molecule has 1 aliphatic heterocycles. The van der Waals surface area contributed by atoms with Crippen LogP contribution in [0.3, 0.4) is 0 Å². The SMILES string of the molecule is O=C(O)c1ccc(CNC2(c3cccc(C(F)(F)F)c3)CCOCC2)cc1. The molecule has 0 unspecified atom stereocenters. The van der Waals surface area contributed by atoms with Gasteiger partial charge in [0.1, 0.15) is 0 Å². The van der Waals surface area contributed by atoms with Crippen molar-refractivity contribution in [3.63, 3.8) is 0 Å². The molecule has 1 heterocycles. The minimum Gasteiger partial charge on any atom is -0.478 e. The fourth-order valence-corrected chi connectivity index (χ4v) is 3.32. The van der Waals surface area contributed by atoms with E-state index in [-0.39, 0.29) is 5.56 Å². The lowest BCUT2D eigenvalue weighted by Crippen LogP contribution is -2.46. The second-order valence-electron chi connectivity index (χ2n) is 6.63. The summed E-state index contributed by atoms with van der Waals surface area (Å²) >= 11 is 0. The van der Waals surface area contributed by atoms with Crippen molar-refractivity contribution >= 4 is 5.97 Å². The van der Waals surface area contributed by atoms with Crippen molar-refractivity contribution in [3.05, 3.63) is 70.8 Å². The van der Waals surface area contributed by atoms with E-state index in [1.54, 1.807) is 18.2 Å². The van der Waals surface area contributed by atoms with Gasteiger partial charge in [0.25, 0.3) is 0 Å². The van der Waals surface area contributed by atoms with Crippen LogP contribution < -0.4 is 5.32 Å². The number of nitrogens with one attached hydrogen (secondary N) is 1. The minimum absolute atomic E-state index is 0.192. The van der Waals surface area contributed by atoms with Crippen LogP contribution in [-0.4, -0.2) is 24.3 Å². The van der Waals surface area contributed by atoms with Crippen molar-refractivity contribution in [3.8, 4) is 0 Å². The summed E-state index contributed by atoms with van der Waals surface area (Å²) in [4.78, 5) is 10.9. The highest BCUT2D eigenvalue weighted by atomic mass is 19.4. The summed E-state index contributed by atoms with van der Waals surface area (Å²) in [5.74, 6) is -1.00. The van der Waals surface area contributed by atoms with E-state index in [1.165, 1.54) is 24.3 Å². The molecular weight excluding hydrogens is 359 g/mol. The largest absolute Gasteiger partial charge is 0.478 e. The molecule has 27 heavy (non-hydrogen) atoms. The number of ether oxygens (including phenoxy) is 1. The molecule has 1 aliphatic rings. The van der Waals surface area contributed by atoms with Crippen LogP contribution in [0.2, 0.25) is 0 Å². The lowest BCUT2D eigenvalue weighted by Gasteiger charge is -2.39. The number of hydrogen-bond donors (Lipinski definition) is 2. The van der Waals surface area contributed by atoms with Gasteiger partial charge in [-0.1, -0.05) is 24.3 Å². The summed E-state index contributed by atoms with van der Waals surface area (Å²) in [5, 5.41) is 12.4. The van der Waals surface area contributed by atoms with Gasteiger partial charge in [0, 0.05) is 25.3 Å². The third kappa shape index (κ3) is 4.48. The maximum Gasteiger partial charge on any atom is 0.416 e. The molecule has 0 spiro atoms. The molecule has 7 heteroatoms. The van der Waals surface area contributed by atoms with Gasteiger partial charge in [0.2, 0.25) is 0 Å². The van der Waals surface area contributed by atoms with Gasteiger partial charge < -0.3 is 15.2 Å². The Kier molecular flexibility index (Phi) is 5.53. The van der Waals surface area contributed by atoms with Crippen molar-refractivity contribution in [1.82, 2.24) is 5.32 Å². The van der Waals surface area contributed by atoms with Crippen molar-refractivity contribution in [2.45, 2.75) is 31.1 Å². The first kappa shape index (κ1) is 19.4. The zero-order valence-electron chi connectivity index (χ0n) is 14.6. The number of benzene rings is 2. The molecule has 1 fully saturated rings. The molecule has 0 bridgehead atoms. The summed E-state index contributed by atoms with van der Waals surface area (Å²) in [5.41, 5.74) is 0.349. The summed E-state index contributed by atoms with van der Waals surface area (Å²) in [6.45, 7) is 1.33. The van der Waals surface area contributed by atoms with Crippen LogP contribution in [-0.2, 0) is 23.0 Å². The van der Waals surface area contributed by atoms with Crippen LogP contribution >= 0.6 is 0 Å². The van der Waals surface area contributed by atoms with E-state index in [9.17, 15) is 18.0 Å². The lowest BCUT2D eigenvalue weighted by molar-refractivity contribution is -0.137. The minimum atomic E-state index is -4.39. The molecule has 3 rings (SSSR count). The van der Waals surface area contributed by atoms with Crippen molar-refractivity contribution < 1.29 is 27.8 Å². The molecule has 2 aromatic rings. The van der Waals surface area contributed by atoms with E-state index in [0.717, 1.165) is 11.6 Å². The fourth-order valence-electron chi connectivity index (χ4n) is 3.32. The Bertz CT molecular complexity index is 797. The Morgan fingerprint density at radius 2 is 1.78 bits per heavy atom. The smallest absolute Gasteiger partial charge is 0.416 e. The molecule has 0 radical (unpaired) electrons. The zero-order chi connectivity index (χ0) is 19.5. The number of hydrogen-bond acceptors (Lipinski definition) is 3. The molecule has 144 valence electrons. The number of carboxylic acids is 1. The van der Waals surface area contributed by atoms with E-state index in [0.29, 0.717) is 38.2 Å². The van der Waals surface area contributed by atoms with E-state index in [1.807, 2.05) is 0 Å². The highest BCUT2D eigenvalue weighted by Gasteiger charge is 2.37. The van der Waals surface area contributed by atoms with Gasteiger partial charge in [-0.3, -0.25) is 0 Å². The van der Waals surface area contributed by atoms with Gasteiger partial charge in [0.15, 0.2) is 0 Å². The first-order chi connectivity index (χ1) is 12.8. The number of rotatable bonds is 5. The van der Waals surface area contributed by atoms with Gasteiger partial charge in [-0.25, -0.2) is 4.79 Å². The number of aromatic carboxylic acids is 1. The normalized spacial score (nSPS) is 16.9. The Morgan fingerprint density at radius 1 is 1.11 bits per heavy atom. The number of carboxylic acid groups (broad SMARTS) is 1. The van der Waals surface area contributed by atoms with E-state index >= 15 is 0 Å². The first-order valence-corrected chi connectivity index (χ1v) is 8.63. The van der Waals surface area contributed by atoms with E-state index in [2.05, 4.69) is 5.32 Å². The molecule has 0 amide bonds. The van der Waals surface area contributed by atoms with Crippen molar-refractivity contribution in [1.29, 1.82) is 0 Å². The lowest BCUT2D eigenvalue weighted by atomic mass is 9.81. The monoisotopic (exact) mass is 379 g/mol. The van der Waals surface area contributed by atoms with Crippen LogP contribution in [0, 0.1) is 0 Å². The van der Waals surface area contributed by atoms with Gasteiger partial charge in [-0.05, 0) is 48.2 Å². The molecule has 0 saturated carbocycles. The number of halogens is 3. The Balaban J connectivity index is 1.84. The number of carbonyl (C=O) groups is 1. The maximum atomic E-state index is 13.1. The molecule has 0 atom stereocenters. The zero-order valence-corrected chi connectivity index (χ0v) is 14.6. The molecule has 0 aromatic heterocycles. The Morgan fingerprint density at radius 3 is 2.37 bits per heavy atom. The topological polar surface area (TPSA) is 58.6 Å². The van der Waals surface area contributed by atoms with Crippen LogP contribution in [0.4, 0.5) is 13.2 Å². The van der Waals surface area contributed by atoms with Crippen LogP contribution in [0.25, 0.3) is 0 Å². The second kappa shape index (κ2) is 7.70. The maximum absolute atomic E-state index is 13.1. The predicted molar refractivity (Wildman–Crippen MR) is 93.4 cm³/mol. The first-order valence-electron chi connectivity index (χ1n) is 8.63. The molecule has 0 aliphatic carbocycles. The van der Waals surface area contributed by atoms with E-state index in [4.69, 9.17) is 9.84 Å². The Hall–Kier alpha value is -2.38. The third-order valence-electron chi connectivity index (χ3n) is 4.92. The fraction of sp³-hybridized carbons (Fsp3) is 0.350. The average molecular weight is 379 g/mol. The number of alkyl halides is 3. The molecule has 4 nitrogen and oxygen atoms in total. The molecule has 2 aromatic carbocycles. The Labute approximate surface area is 155 Å². The summed E-state index contributed by atoms with van der Waals surface area (Å²) in [7, 11) is 0. The molecule has 1 saturated heterocycles. The highest BCUT2D eigenvalue weighted by molar-refractivity contribution is 5.87. The van der Waals surface area contributed by atoms with Gasteiger partial charge in [-0.2, -0.15) is 13.2 Å². The van der Waals surface area contributed by atoms with Crippen LogP contribution in [0.15, 0.2) is 48.5 Å². The summed E-state index contributed by atoms with van der Waals surface area (Å²) in [6.07, 6.45) is -3.28. The van der Waals surface area contributed by atoms with E-state index < -0.39 is 23.2 Å². The second-order valence-corrected chi connectivity index (χ2v) is 6.63. The van der Waals surface area contributed by atoms with Crippen molar-refractivity contribution in [2.75, 3.05) is 13.2 Å². The molecule has 2 N–H and O–H groups in total. The van der Waals surface area contributed by atoms with Gasteiger partial charge >= 0.3 is 12.1 Å². The third-order valence-corrected chi connectivity index (χ3v) is 4.92. The summed E-state index contributed by atoms with van der Waals surface area (Å²) in [6, 6.07) is 11.8. The molecular formula is C20H20F3NO3. The van der Waals surface area contributed by atoms with Crippen LogP contribution in [0.5, 0.6) is 0 Å². The standard InChI is InChI=1S/C20H20F3NO3/c21-20(22,23)17-3-1-2-16(12-17)19(8-10-27-11-9-19)24-13-14-4-6-15(7-5-14)18(25)26/h1-7,12,24H,8-11,13H2,(H,25,26). The van der Waals surface area contributed by atoms with Gasteiger partial charge in [0.05, 0.1) is 11.1 Å². The van der Waals surface area contributed by atoms with Crippen molar-refractivity contribution in [2.24, 2.45) is 0 Å². The predicted octanol–water partition coefficient (Wildman–Crippen LogP) is 4.20. The quantitative estimate of drug-likeness (QED) is 0.818. The van der Waals surface area contributed by atoms with Gasteiger partial charge in [-0.15, -0.1) is 0 Å². The van der Waals surface area contributed by atoms with Crippen LogP contribution in [0.1, 0.15) is 39.9 Å².